The maximum absolute atomic E-state index is 12.8. The summed E-state index contributed by atoms with van der Waals surface area (Å²) in [5.41, 5.74) is 0.767. The molecule has 2 heterocycles. The number of hydrogen-bond acceptors (Lipinski definition) is 6. The number of hydrogen-bond donors (Lipinski definition) is 0. The summed E-state index contributed by atoms with van der Waals surface area (Å²) in [5.74, 6) is 0.159. The molecule has 0 aromatic carbocycles. The lowest BCUT2D eigenvalue weighted by atomic mass is 10.2. The van der Waals surface area contributed by atoms with Gasteiger partial charge < -0.3 is 9.64 Å². The summed E-state index contributed by atoms with van der Waals surface area (Å²) in [6.07, 6.45) is 0. The lowest BCUT2D eigenvalue weighted by Crippen LogP contribution is -2.31. The van der Waals surface area contributed by atoms with Crippen LogP contribution in [0, 0.1) is 13.8 Å². The van der Waals surface area contributed by atoms with Crippen LogP contribution < -0.4 is 5.56 Å². The second kappa shape index (κ2) is 6.58. The Balaban J connectivity index is 2.63. The quantitative estimate of drug-likeness (QED) is 0.784. The van der Waals surface area contributed by atoms with E-state index in [4.69, 9.17) is 4.74 Å². The molecule has 2 aromatic rings. The molecule has 2 rings (SSSR count). The van der Waals surface area contributed by atoms with Gasteiger partial charge >= 0.3 is 5.97 Å². The van der Waals surface area contributed by atoms with E-state index in [-0.39, 0.29) is 12.1 Å². The van der Waals surface area contributed by atoms with Gasteiger partial charge in [-0.15, -0.1) is 11.3 Å². The predicted molar refractivity (Wildman–Crippen MR) is 87.4 cm³/mol. The molecule has 0 unspecified atom stereocenters. The molecular weight excluding hydrogens is 302 g/mol. The fourth-order valence-electron chi connectivity index (χ4n) is 2.27. The second-order valence-corrected chi connectivity index (χ2v) is 6.63. The molecule has 0 aliphatic carbocycles. The maximum atomic E-state index is 12.8. The molecule has 0 bridgehead atoms. The minimum atomic E-state index is -0.421. The van der Waals surface area contributed by atoms with E-state index in [0.717, 1.165) is 15.3 Å². The van der Waals surface area contributed by atoms with Crippen molar-refractivity contribution in [3.05, 3.63) is 26.6 Å². The summed E-state index contributed by atoms with van der Waals surface area (Å²) in [4.78, 5) is 32.9. The Morgan fingerprint density at radius 2 is 2.05 bits per heavy atom. The van der Waals surface area contributed by atoms with E-state index in [2.05, 4.69) is 4.98 Å². The molecule has 0 N–H and O–H groups in total. The zero-order valence-corrected chi connectivity index (χ0v) is 14.4. The largest absolute Gasteiger partial charge is 0.465 e. The van der Waals surface area contributed by atoms with Crippen molar-refractivity contribution in [2.75, 3.05) is 20.7 Å². The van der Waals surface area contributed by atoms with Crippen LogP contribution in [0.4, 0.5) is 0 Å². The summed E-state index contributed by atoms with van der Waals surface area (Å²) in [6, 6.07) is 0. The molecule has 0 saturated carbocycles. The third kappa shape index (κ3) is 3.20. The number of rotatable bonds is 5. The van der Waals surface area contributed by atoms with Crippen molar-refractivity contribution in [2.24, 2.45) is 0 Å². The Morgan fingerprint density at radius 3 is 2.64 bits per heavy atom. The molecular formula is C15H21N3O3S. The third-order valence-corrected chi connectivity index (χ3v) is 4.52. The van der Waals surface area contributed by atoms with Gasteiger partial charge in [-0.2, -0.15) is 0 Å². The van der Waals surface area contributed by atoms with Crippen molar-refractivity contribution in [1.29, 1.82) is 0 Å². The van der Waals surface area contributed by atoms with E-state index in [9.17, 15) is 9.59 Å². The number of aromatic nitrogens is 2. The fourth-order valence-corrected chi connectivity index (χ4v) is 3.31. The number of nitrogens with zero attached hydrogens (tertiary/aromatic N) is 3. The Morgan fingerprint density at radius 1 is 1.36 bits per heavy atom. The first-order valence-electron chi connectivity index (χ1n) is 7.14. The average molecular weight is 323 g/mol. The number of aryl methyl sites for hydroxylation is 2. The van der Waals surface area contributed by atoms with Crippen molar-refractivity contribution in [1.82, 2.24) is 14.5 Å². The topological polar surface area (TPSA) is 64.4 Å². The van der Waals surface area contributed by atoms with Gasteiger partial charge in [0.05, 0.1) is 18.5 Å². The molecule has 0 fully saturated rings. The highest BCUT2D eigenvalue weighted by molar-refractivity contribution is 7.18. The molecule has 0 atom stereocenters. The zero-order chi connectivity index (χ0) is 16.4. The minimum absolute atomic E-state index is 0.104. The van der Waals surface area contributed by atoms with Gasteiger partial charge in [-0.25, -0.2) is 4.98 Å². The van der Waals surface area contributed by atoms with Gasteiger partial charge in [0.15, 0.2) is 0 Å². The number of carbonyl (C=O) groups excluding carboxylic acids is 1. The highest BCUT2D eigenvalue weighted by atomic mass is 32.1. The van der Waals surface area contributed by atoms with E-state index in [1.54, 1.807) is 6.92 Å². The summed E-state index contributed by atoms with van der Waals surface area (Å²) in [7, 11) is 3.80. The number of esters is 1. The van der Waals surface area contributed by atoms with Crippen LogP contribution in [-0.2, 0) is 22.6 Å². The maximum Gasteiger partial charge on any atom is 0.326 e. The van der Waals surface area contributed by atoms with E-state index in [0.29, 0.717) is 24.4 Å². The fraction of sp³-hybridized carbons (Fsp3) is 0.533. The van der Waals surface area contributed by atoms with Gasteiger partial charge in [0.2, 0.25) is 0 Å². The SMILES string of the molecule is CCOC(=O)Cn1c(CN(C)C)nc2sc(C)c(C)c2c1=O. The Hall–Kier alpha value is -1.73. The smallest absolute Gasteiger partial charge is 0.326 e. The first-order chi connectivity index (χ1) is 10.3. The monoisotopic (exact) mass is 323 g/mol. The van der Waals surface area contributed by atoms with Crippen molar-refractivity contribution in [2.45, 2.75) is 33.9 Å². The molecule has 0 saturated heterocycles. The standard InChI is InChI=1S/C15H21N3O3S/c1-6-21-12(19)8-18-11(7-17(4)5)16-14-13(15(18)20)9(2)10(3)22-14/h6-8H2,1-5H3. The van der Waals surface area contributed by atoms with Crippen LogP contribution in [0.3, 0.4) is 0 Å². The molecule has 0 amide bonds. The normalized spacial score (nSPS) is 11.4. The van der Waals surface area contributed by atoms with E-state index >= 15 is 0 Å². The number of fused-ring (bicyclic) bond motifs is 1. The molecule has 22 heavy (non-hydrogen) atoms. The second-order valence-electron chi connectivity index (χ2n) is 5.43. The minimum Gasteiger partial charge on any atom is -0.465 e. The van der Waals surface area contributed by atoms with E-state index < -0.39 is 5.97 Å². The molecule has 0 aliphatic rings. The molecule has 7 heteroatoms. The summed E-state index contributed by atoms with van der Waals surface area (Å²) >= 11 is 1.51. The molecule has 120 valence electrons. The summed E-state index contributed by atoms with van der Waals surface area (Å²) in [5, 5.41) is 0.606. The zero-order valence-electron chi connectivity index (χ0n) is 13.6. The van der Waals surface area contributed by atoms with Crippen LogP contribution in [0.1, 0.15) is 23.2 Å². The molecule has 0 aliphatic heterocycles. The predicted octanol–water partition coefficient (Wildman–Crippen LogP) is 1.70. The number of ether oxygens (including phenoxy) is 1. The first kappa shape index (κ1) is 16.6. The molecule has 0 radical (unpaired) electrons. The highest BCUT2D eigenvalue weighted by Gasteiger charge is 2.18. The van der Waals surface area contributed by atoms with E-state index in [1.165, 1.54) is 15.9 Å². The number of thiophene rings is 1. The summed E-state index contributed by atoms with van der Waals surface area (Å²) < 4.78 is 6.40. The Bertz CT molecular complexity index is 761. The van der Waals surface area contributed by atoms with Gasteiger partial charge in [0.1, 0.15) is 17.2 Å². The van der Waals surface area contributed by atoms with Crippen LogP contribution >= 0.6 is 11.3 Å². The van der Waals surface area contributed by atoms with Crippen molar-refractivity contribution >= 4 is 27.5 Å². The van der Waals surface area contributed by atoms with Crippen LogP contribution in [0.15, 0.2) is 4.79 Å². The molecule has 6 nitrogen and oxygen atoms in total. The Labute approximate surface area is 133 Å². The lowest BCUT2D eigenvalue weighted by Gasteiger charge is -2.15. The average Bonchev–Trinajstić information content (AvgIpc) is 2.69. The van der Waals surface area contributed by atoms with Crippen LogP contribution in [0.25, 0.3) is 10.2 Å². The van der Waals surface area contributed by atoms with Gasteiger partial charge in [-0.05, 0) is 40.4 Å². The van der Waals surface area contributed by atoms with Crippen molar-refractivity contribution in [3.8, 4) is 0 Å². The lowest BCUT2D eigenvalue weighted by molar-refractivity contribution is -0.143. The summed E-state index contributed by atoms with van der Waals surface area (Å²) in [6.45, 7) is 6.31. The van der Waals surface area contributed by atoms with Crippen LogP contribution in [0.5, 0.6) is 0 Å². The molecule has 0 spiro atoms. The highest BCUT2D eigenvalue weighted by Crippen LogP contribution is 2.26. The Kier molecular flexibility index (Phi) is 4.97. The van der Waals surface area contributed by atoms with E-state index in [1.807, 2.05) is 32.8 Å². The van der Waals surface area contributed by atoms with Crippen molar-refractivity contribution in [3.63, 3.8) is 0 Å². The van der Waals surface area contributed by atoms with Gasteiger partial charge in [0.25, 0.3) is 5.56 Å². The van der Waals surface area contributed by atoms with Gasteiger partial charge in [0, 0.05) is 4.88 Å². The van der Waals surface area contributed by atoms with Crippen molar-refractivity contribution < 1.29 is 9.53 Å². The van der Waals surface area contributed by atoms with Gasteiger partial charge in [-0.3, -0.25) is 14.2 Å². The third-order valence-electron chi connectivity index (χ3n) is 3.42. The molecule has 2 aromatic heterocycles. The van der Waals surface area contributed by atoms with Crippen LogP contribution in [0.2, 0.25) is 0 Å². The number of carbonyl (C=O) groups is 1. The van der Waals surface area contributed by atoms with Crippen LogP contribution in [-0.4, -0.2) is 41.1 Å². The van der Waals surface area contributed by atoms with Gasteiger partial charge in [-0.1, -0.05) is 0 Å². The first-order valence-corrected chi connectivity index (χ1v) is 7.96.